The number of allylic oxidation sites excluding steroid dienone is 1. The van der Waals surface area contributed by atoms with Crippen molar-refractivity contribution in [3.63, 3.8) is 0 Å². The molecule has 8 heteroatoms. The molecular weight excluding hydrogens is 422 g/mol. The van der Waals surface area contributed by atoms with Crippen molar-refractivity contribution >= 4 is 38.5 Å². The summed E-state index contributed by atoms with van der Waals surface area (Å²) in [5, 5.41) is 16.5. The molecule has 7 nitrogen and oxygen atoms in total. The topological polar surface area (TPSA) is 119 Å². The molecule has 28 heavy (non-hydrogen) atoms. The van der Waals surface area contributed by atoms with E-state index in [2.05, 4.69) is 30.9 Å². The van der Waals surface area contributed by atoms with E-state index >= 15 is 0 Å². The normalized spacial score (nSPS) is 19.6. The van der Waals surface area contributed by atoms with Crippen LogP contribution >= 0.6 is 15.9 Å². The summed E-state index contributed by atoms with van der Waals surface area (Å²) >= 11 is 3.49. The number of aromatic amines is 2. The number of nitrogens with zero attached hydrogens (tertiary/aromatic N) is 2. The summed E-state index contributed by atoms with van der Waals surface area (Å²) < 4.78 is 0.982. The van der Waals surface area contributed by atoms with Crippen LogP contribution in [0.3, 0.4) is 0 Å². The molecule has 0 radical (unpaired) electrons. The lowest BCUT2D eigenvalue weighted by Gasteiger charge is -2.18. The fraction of sp³-hybridized carbons (Fsp3) is 0.300. The first kappa shape index (κ1) is 18.6. The van der Waals surface area contributed by atoms with Crippen molar-refractivity contribution in [3.8, 4) is 0 Å². The van der Waals surface area contributed by atoms with Gasteiger partial charge in [0.25, 0.3) is 0 Å². The fourth-order valence-electron chi connectivity index (χ4n) is 3.88. The second kappa shape index (κ2) is 7.71. The molecule has 0 aliphatic heterocycles. The van der Waals surface area contributed by atoms with Gasteiger partial charge in [-0.05, 0) is 43.4 Å². The molecule has 0 fully saturated rings. The van der Waals surface area contributed by atoms with Crippen LogP contribution in [0.15, 0.2) is 41.3 Å². The first-order valence-electron chi connectivity index (χ1n) is 9.15. The number of aryl methyl sites for hydroxylation is 1. The number of halogens is 1. The minimum absolute atomic E-state index is 0.0460. The predicted molar refractivity (Wildman–Crippen MR) is 110 cm³/mol. The van der Waals surface area contributed by atoms with Crippen LogP contribution in [0.25, 0.3) is 11.0 Å². The Hall–Kier alpha value is -2.74. The van der Waals surface area contributed by atoms with Gasteiger partial charge < -0.3 is 15.1 Å². The van der Waals surface area contributed by atoms with Gasteiger partial charge >= 0.3 is 0 Å². The van der Waals surface area contributed by atoms with Crippen LogP contribution in [0.4, 0.5) is 0 Å². The molecule has 4 N–H and O–H groups in total. The van der Waals surface area contributed by atoms with Crippen molar-refractivity contribution in [1.29, 1.82) is 5.41 Å². The van der Waals surface area contributed by atoms with Crippen molar-refractivity contribution in [2.45, 2.75) is 31.6 Å². The summed E-state index contributed by atoms with van der Waals surface area (Å²) in [6.07, 6.45) is 6.20. The lowest BCUT2D eigenvalue weighted by Crippen LogP contribution is -2.17. The predicted octanol–water partition coefficient (Wildman–Crippen LogP) is 4.18. The fourth-order valence-corrected chi connectivity index (χ4v) is 4.24. The van der Waals surface area contributed by atoms with Gasteiger partial charge in [-0.15, -0.1) is 0 Å². The third-order valence-electron chi connectivity index (χ3n) is 5.26. The molecule has 0 saturated heterocycles. The molecule has 2 aromatic heterocycles. The standard InChI is InChI=1S/C20H20BrN5O2/c21-12-2-4-15-17(9-12)26-20(25-15)13-7-11(8-18(28)14(22)5-6-27)1-3-16-19(13)24-10-23-16/h2,4-6,9-11,13,22,27H,1,3,7-8H2,(H,23,24)(H,25,26)/b6-5-,22-14?/t11?,13-/m0/s1. The summed E-state index contributed by atoms with van der Waals surface area (Å²) in [5.41, 5.74) is 3.72. The van der Waals surface area contributed by atoms with Crippen LogP contribution < -0.4 is 0 Å². The number of fused-ring (bicyclic) bond motifs is 2. The number of ketones is 1. The second-order valence-electron chi connectivity index (χ2n) is 7.10. The van der Waals surface area contributed by atoms with E-state index in [9.17, 15) is 4.79 Å². The Bertz CT molecular complexity index is 1070. The minimum atomic E-state index is -0.263. The zero-order chi connectivity index (χ0) is 19.7. The van der Waals surface area contributed by atoms with Gasteiger partial charge in [0, 0.05) is 22.7 Å². The highest BCUT2D eigenvalue weighted by molar-refractivity contribution is 9.10. The maximum atomic E-state index is 12.3. The number of Topliss-reactive ketones (excluding diaryl/α,β-unsaturated/α-hetero) is 1. The van der Waals surface area contributed by atoms with E-state index < -0.39 is 0 Å². The zero-order valence-electron chi connectivity index (χ0n) is 15.1. The molecule has 2 heterocycles. The number of carbonyl (C=O) groups excluding carboxylic acids is 1. The third-order valence-corrected chi connectivity index (χ3v) is 5.75. The monoisotopic (exact) mass is 441 g/mol. The summed E-state index contributed by atoms with van der Waals surface area (Å²) in [6, 6.07) is 5.92. The van der Waals surface area contributed by atoms with Gasteiger partial charge in [-0.1, -0.05) is 15.9 Å². The van der Waals surface area contributed by atoms with Crippen LogP contribution in [-0.4, -0.2) is 36.5 Å². The zero-order valence-corrected chi connectivity index (χ0v) is 16.7. The molecule has 144 valence electrons. The molecule has 0 saturated carbocycles. The quantitative estimate of drug-likeness (QED) is 0.269. The van der Waals surface area contributed by atoms with E-state index in [1.54, 1.807) is 6.33 Å². The van der Waals surface area contributed by atoms with Crippen LogP contribution in [0.5, 0.6) is 0 Å². The van der Waals surface area contributed by atoms with Gasteiger partial charge in [-0.25, -0.2) is 9.97 Å². The summed E-state index contributed by atoms with van der Waals surface area (Å²) in [7, 11) is 0. The highest BCUT2D eigenvalue weighted by Gasteiger charge is 2.31. The van der Waals surface area contributed by atoms with E-state index in [1.165, 1.54) is 0 Å². The van der Waals surface area contributed by atoms with Crippen LogP contribution in [-0.2, 0) is 11.2 Å². The van der Waals surface area contributed by atoms with Crippen molar-refractivity contribution in [2.24, 2.45) is 5.92 Å². The van der Waals surface area contributed by atoms with Crippen molar-refractivity contribution in [1.82, 2.24) is 19.9 Å². The van der Waals surface area contributed by atoms with E-state index in [1.807, 2.05) is 18.2 Å². The van der Waals surface area contributed by atoms with Crippen molar-refractivity contribution in [2.75, 3.05) is 0 Å². The van der Waals surface area contributed by atoms with Gasteiger partial charge in [0.2, 0.25) is 0 Å². The Morgan fingerprint density at radius 1 is 1.43 bits per heavy atom. The van der Waals surface area contributed by atoms with Gasteiger partial charge in [-0.3, -0.25) is 10.2 Å². The van der Waals surface area contributed by atoms with E-state index in [0.29, 0.717) is 0 Å². The molecule has 3 aromatic rings. The molecule has 1 aliphatic rings. The minimum Gasteiger partial charge on any atom is -0.516 e. The van der Waals surface area contributed by atoms with Crippen molar-refractivity contribution in [3.05, 3.63) is 58.5 Å². The van der Waals surface area contributed by atoms with Crippen LogP contribution in [0, 0.1) is 11.3 Å². The number of hydrogen-bond donors (Lipinski definition) is 4. The molecule has 1 aliphatic carbocycles. The number of rotatable bonds is 5. The smallest absolute Gasteiger partial charge is 0.180 e. The maximum Gasteiger partial charge on any atom is 0.180 e. The molecule has 4 rings (SSSR count). The number of nitrogens with one attached hydrogen (secondary N) is 3. The summed E-state index contributed by atoms with van der Waals surface area (Å²) in [6.45, 7) is 0. The number of aromatic nitrogens is 4. The van der Waals surface area contributed by atoms with E-state index in [0.717, 1.165) is 64.3 Å². The highest BCUT2D eigenvalue weighted by atomic mass is 79.9. The lowest BCUT2D eigenvalue weighted by molar-refractivity contribution is -0.113. The first-order chi connectivity index (χ1) is 13.5. The molecule has 0 bridgehead atoms. The Morgan fingerprint density at radius 3 is 3.11 bits per heavy atom. The molecular formula is C20H20BrN5O2. The Kier molecular flexibility index (Phi) is 5.13. The number of carbonyl (C=O) groups is 1. The number of imidazole rings is 2. The van der Waals surface area contributed by atoms with E-state index in [4.69, 9.17) is 15.5 Å². The van der Waals surface area contributed by atoms with E-state index in [-0.39, 0.29) is 29.8 Å². The van der Waals surface area contributed by atoms with Crippen molar-refractivity contribution < 1.29 is 9.90 Å². The number of hydrogen-bond acceptors (Lipinski definition) is 5. The Labute approximate surface area is 169 Å². The summed E-state index contributed by atoms with van der Waals surface area (Å²) in [4.78, 5) is 28.3. The number of benzene rings is 1. The highest BCUT2D eigenvalue weighted by Crippen LogP contribution is 2.37. The molecule has 0 spiro atoms. The van der Waals surface area contributed by atoms with Crippen LogP contribution in [0.1, 0.15) is 42.4 Å². The largest absolute Gasteiger partial charge is 0.516 e. The number of H-pyrrole nitrogens is 2. The average Bonchev–Trinajstić information content (AvgIpc) is 3.26. The lowest BCUT2D eigenvalue weighted by atomic mass is 9.87. The molecule has 1 unspecified atom stereocenters. The number of aliphatic hydroxyl groups excluding tert-OH is 1. The van der Waals surface area contributed by atoms with Gasteiger partial charge in [0.15, 0.2) is 5.78 Å². The molecule has 2 atom stereocenters. The van der Waals surface area contributed by atoms with Gasteiger partial charge in [0.1, 0.15) is 11.5 Å². The average molecular weight is 442 g/mol. The maximum absolute atomic E-state index is 12.3. The Morgan fingerprint density at radius 2 is 2.29 bits per heavy atom. The number of aliphatic hydroxyl groups is 1. The molecule has 0 amide bonds. The van der Waals surface area contributed by atoms with Crippen LogP contribution in [0.2, 0.25) is 0 Å². The van der Waals surface area contributed by atoms with Gasteiger partial charge in [0.05, 0.1) is 35.2 Å². The second-order valence-corrected chi connectivity index (χ2v) is 8.02. The summed E-state index contributed by atoms with van der Waals surface area (Å²) in [5.74, 6) is 0.634. The van der Waals surface area contributed by atoms with Gasteiger partial charge in [-0.2, -0.15) is 0 Å². The Balaban J connectivity index is 1.65. The molecule has 1 aromatic carbocycles. The SMILES string of the molecule is N=C(/C=C\O)C(=O)CC1CCc2[nH]cnc2[C@@H](c2nc3ccc(Br)cc3[nH]2)C1. The first-order valence-corrected chi connectivity index (χ1v) is 9.94. The third kappa shape index (κ3) is 3.64.